The molecule has 0 aliphatic heterocycles. The Labute approximate surface area is 108 Å². The van der Waals surface area contributed by atoms with Crippen LogP contribution >= 0.6 is 0 Å². The van der Waals surface area contributed by atoms with Crippen molar-refractivity contribution in [3.63, 3.8) is 0 Å². The molecule has 0 spiro atoms. The van der Waals surface area contributed by atoms with Crippen molar-refractivity contribution in [1.82, 2.24) is 19.1 Å². The van der Waals surface area contributed by atoms with Crippen molar-refractivity contribution in [2.45, 2.75) is 39.8 Å². The summed E-state index contributed by atoms with van der Waals surface area (Å²) in [5.41, 5.74) is 1.04. The summed E-state index contributed by atoms with van der Waals surface area (Å²) in [7, 11) is 2.02. The fraction of sp³-hybridized carbons (Fsp3) is 0.538. The molecule has 5 nitrogen and oxygen atoms in total. The van der Waals surface area contributed by atoms with E-state index in [4.69, 9.17) is 0 Å². The quantitative estimate of drug-likeness (QED) is 0.879. The molecular weight excluding hydrogens is 226 g/mol. The molecule has 0 aromatic carbocycles. The summed E-state index contributed by atoms with van der Waals surface area (Å²) in [6.45, 7) is 7.14. The third kappa shape index (κ3) is 2.91. The Bertz CT molecular complexity index is 509. The lowest BCUT2D eigenvalue weighted by Crippen LogP contribution is -2.15. The first-order valence-electron chi connectivity index (χ1n) is 6.33. The summed E-state index contributed by atoms with van der Waals surface area (Å²) >= 11 is 0. The van der Waals surface area contributed by atoms with E-state index in [1.54, 1.807) is 0 Å². The smallest absolute Gasteiger partial charge is 0.203 e. The highest BCUT2D eigenvalue weighted by Crippen LogP contribution is 2.11. The predicted molar refractivity (Wildman–Crippen MR) is 72.6 cm³/mol. The molecule has 0 bridgehead atoms. The van der Waals surface area contributed by atoms with Gasteiger partial charge in [0.1, 0.15) is 5.82 Å². The van der Waals surface area contributed by atoms with Crippen LogP contribution in [0.3, 0.4) is 0 Å². The van der Waals surface area contributed by atoms with Gasteiger partial charge in [-0.05, 0) is 20.8 Å². The van der Waals surface area contributed by atoms with E-state index in [2.05, 4.69) is 44.5 Å². The van der Waals surface area contributed by atoms with E-state index in [9.17, 15) is 0 Å². The monoisotopic (exact) mass is 247 g/mol. The highest BCUT2D eigenvalue weighted by atomic mass is 15.2. The number of imidazole rings is 2. The van der Waals surface area contributed by atoms with Crippen molar-refractivity contribution in [1.29, 1.82) is 0 Å². The molecule has 98 valence electrons. The fourth-order valence-corrected chi connectivity index (χ4v) is 1.95. The minimum absolute atomic E-state index is 0.388. The van der Waals surface area contributed by atoms with Gasteiger partial charge < -0.3 is 14.5 Å². The third-order valence-corrected chi connectivity index (χ3v) is 2.81. The Morgan fingerprint density at radius 3 is 2.78 bits per heavy atom. The van der Waals surface area contributed by atoms with E-state index in [1.165, 1.54) is 0 Å². The van der Waals surface area contributed by atoms with Gasteiger partial charge in [-0.1, -0.05) is 0 Å². The summed E-state index contributed by atoms with van der Waals surface area (Å²) in [5, 5.41) is 3.36. The number of aryl methyl sites for hydroxylation is 4. The van der Waals surface area contributed by atoms with Gasteiger partial charge in [0.25, 0.3) is 0 Å². The van der Waals surface area contributed by atoms with Crippen molar-refractivity contribution in [2.75, 3.05) is 5.32 Å². The van der Waals surface area contributed by atoms with Crippen LogP contribution in [0.5, 0.6) is 0 Å². The van der Waals surface area contributed by atoms with Gasteiger partial charge in [0.05, 0.1) is 5.69 Å². The van der Waals surface area contributed by atoms with E-state index < -0.39 is 0 Å². The number of rotatable bonds is 5. The molecule has 0 amide bonds. The van der Waals surface area contributed by atoms with E-state index in [0.29, 0.717) is 6.04 Å². The average Bonchev–Trinajstić information content (AvgIpc) is 2.82. The van der Waals surface area contributed by atoms with E-state index in [0.717, 1.165) is 30.4 Å². The first kappa shape index (κ1) is 12.7. The molecule has 0 aliphatic rings. The predicted octanol–water partition coefficient (Wildman–Crippen LogP) is 1.99. The van der Waals surface area contributed by atoms with Crippen molar-refractivity contribution in [2.24, 2.45) is 7.05 Å². The standard InChI is InChI=1S/C13H21N5/c1-10(2)15-13-16-11(3)9-18(13)7-5-12-14-6-8-17(12)4/h6,8-10H,5,7H2,1-4H3,(H,15,16). The average molecular weight is 247 g/mol. The molecule has 0 fully saturated rings. The van der Waals surface area contributed by atoms with Gasteiger partial charge in [-0.25, -0.2) is 9.97 Å². The molecule has 18 heavy (non-hydrogen) atoms. The number of nitrogens with zero attached hydrogens (tertiary/aromatic N) is 4. The Morgan fingerprint density at radius 2 is 2.17 bits per heavy atom. The van der Waals surface area contributed by atoms with Crippen LogP contribution in [0.1, 0.15) is 25.4 Å². The van der Waals surface area contributed by atoms with Gasteiger partial charge >= 0.3 is 0 Å². The summed E-state index contributed by atoms with van der Waals surface area (Å²) in [4.78, 5) is 8.83. The van der Waals surface area contributed by atoms with Gasteiger partial charge in [-0.3, -0.25) is 0 Å². The summed E-state index contributed by atoms with van der Waals surface area (Å²) < 4.78 is 4.21. The van der Waals surface area contributed by atoms with Gasteiger partial charge in [0.2, 0.25) is 5.95 Å². The molecule has 2 aromatic heterocycles. The van der Waals surface area contributed by atoms with Crippen LogP contribution in [0, 0.1) is 6.92 Å². The Morgan fingerprint density at radius 1 is 1.39 bits per heavy atom. The summed E-state index contributed by atoms with van der Waals surface area (Å²) in [6.07, 6.45) is 6.79. The first-order chi connectivity index (χ1) is 8.56. The molecule has 5 heteroatoms. The molecule has 0 unspecified atom stereocenters. The van der Waals surface area contributed by atoms with Crippen LogP contribution in [0.15, 0.2) is 18.6 Å². The van der Waals surface area contributed by atoms with Gasteiger partial charge in [-0.15, -0.1) is 0 Å². The van der Waals surface area contributed by atoms with Gasteiger partial charge in [0.15, 0.2) is 0 Å². The van der Waals surface area contributed by atoms with Crippen LogP contribution < -0.4 is 5.32 Å². The number of hydrogen-bond acceptors (Lipinski definition) is 3. The zero-order valence-electron chi connectivity index (χ0n) is 11.5. The van der Waals surface area contributed by atoms with Crippen molar-refractivity contribution in [3.05, 3.63) is 30.1 Å². The van der Waals surface area contributed by atoms with Gasteiger partial charge in [-0.2, -0.15) is 0 Å². The van der Waals surface area contributed by atoms with Crippen LogP contribution in [0.4, 0.5) is 5.95 Å². The molecule has 2 aromatic rings. The van der Waals surface area contributed by atoms with Crippen molar-refractivity contribution in [3.8, 4) is 0 Å². The minimum Gasteiger partial charge on any atom is -0.353 e. The fourth-order valence-electron chi connectivity index (χ4n) is 1.95. The van der Waals surface area contributed by atoms with Crippen LogP contribution in [-0.4, -0.2) is 25.1 Å². The summed E-state index contributed by atoms with van der Waals surface area (Å²) in [6, 6.07) is 0.388. The highest BCUT2D eigenvalue weighted by Gasteiger charge is 2.07. The number of aromatic nitrogens is 4. The van der Waals surface area contributed by atoms with Crippen LogP contribution in [-0.2, 0) is 20.0 Å². The second kappa shape index (κ2) is 5.25. The summed E-state index contributed by atoms with van der Waals surface area (Å²) in [5.74, 6) is 2.04. The van der Waals surface area contributed by atoms with E-state index in [1.807, 2.05) is 26.4 Å². The molecule has 2 rings (SSSR count). The molecule has 0 aliphatic carbocycles. The normalized spacial score (nSPS) is 11.2. The van der Waals surface area contributed by atoms with Crippen molar-refractivity contribution < 1.29 is 0 Å². The Balaban J connectivity index is 2.07. The van der Waals surface area contributed by atoms with Crippen molar-refractivity contribution >= 4 is 5.95 Å². The lowest BCUT2D eigenvalue weighted by atomic mass is 10.4. The third-order valence-electron chi connectivity index (χ3n) is 2.81. The van der Waals surface area contributed by atoms with Crippen LogP contribution in [0.2, 0.25) is 0 Å². The van der Waals surface area contributed by atoms with Gasteiger partial charge in [0, 0.05) is 44.6 Å². The molecule has 0 saturated carbocycles. The largest absolute Gasteiger partial charge is 0.353 e. The van der Waals surface area contributed by atoms with E-state index in [-0.39, 0.29) is 0 Å². The maximum absolute atomic E-state index is 4.50. The number of anilines is 1. The molecule has 0 radical (unpaired) electrons. The van der Waals surface area contributed by atoms with Crippen LogP contribution in [0.25, 0.3) is 0 Å². The Hall–Kier alpha value is -1.78. The second-order valence-corrected chi connectivity index (χ2v) is 4.90. The molecule has 0 saturated heterocycles. The first-order valence-corrected chi connectivity index (χ1v) is 6.33. The number of hydrogen-bond donors (Lipinski definition) is 1. The minimum atomic E-state index is 0.388. The molecule has 2 heterocycles. The second-order valence-electron chi connectivity index (χ2n) is 4.90. The SMILES string of the molecule is Cc1cn(CCc2nccn2C)c(NC(C)C)n1. The Kier molecular flexibility index (Phi) is 3.69. The highest BCUT2D eigenvalue weighted by molar-refractivity contribution is 5.29. The molecule has 0 atom stereocenters. The topological polar surface area (TPSA) is 47.7 Å². The zero-order valence-corrected chi connectivity index (χ0v) is 11.5. The maximum Gasteiger partial charge on any atom is 0.203 e. The van der Waals surface area contributed by atoms with E-state index >= 15 is 0 Å². The maximum atomic E-state index is 4.50. The lowest BCUT2D eigenvalue weighted by molar-refractivity contribution is 0.649. The molecular formula is C13H21N5. The lowest BCUT2D eigenvalue weighted by Gasteiger charge is -2.12. The molecule has 1 N–H and O–H groups in total. The zero-order chi connectivity index (χ0) is 13.1. The number of nitrogens with one attached hydrogen (secondary N) is 1.